The Balaban J connectivity index is 2.02. The second-order valence-corrected chi connectivity index (χ2v) is 4.87. The quantitative estimate of drug-likeness (QED) is 0.562. The lowest BCUT2D eigenvalue weighted by atomic mass is 10.1. The van der Waals surface area contributed by atoms with Gasteiger partial charge in [-0.3, -0.25) is 4.98 Å². The van der Waals surface area contributed by atoms with Crippen LogP contribution in [0.4, 0.5) is 0 Å². The van der Waals surface area contributed by atoms with Crippen LogP contribution in [0.15, 0.2) is 73.2 Å². The summed E-state index contributed by atoms with van der Waals surface area (Å²) in [5.41, 5.74) is 3.54. The van der Waals surface area contributed by atoms with Crippen LogP contribution < -0.4 is 0 Å². The summed E-state index contributed by atoms with van der Waals surface area (Å²) in [4.78, 5) is 17.7. The minimum absolute atomic E-state index is 0.589. The molecule has 2 aromatic heterocycles. The molecular weight excluding hydrogens is 272 g/mol. The van der Waals surface area contributed by atoms with Crippen LogP contribution in [0.1, 0.15) is 0 Å². The zero-order valence-corrected chi connectivity index (χ0v) is 11.7. The maximum absolute atomic E-state index is 4.73. The maximum Gasteiger partial charge on any atom is 0.180 e. The molecule has 4 rings (SSSR count). The number of benzene rings is 2. The van der Waals surface area contributed by atoms with E-state index in [9.17, 15) is 0 Å². The molecule has 0 radical (unpaired) electrons. The highest BCUT2D eigenvalue weighted by atomic mass is 14.9. The first kappa shape index (κ1) is 12.6. The maximum atomic E-state index is 4.73. The van der Waals surface area contributed by atoms with E-state index in [0.29, 0.717) is 11.5 Å². The molecular formula is C18H12N4. The standard InChI is InChI=1S/C18H12N4/c1-2-6-13(7-3-1)17-14-8-4-5-9-15(14)21-18(22-17)16-12-19-10-11-20-16/h1-12H. The van der Waals surface area contributed by atoms with E-state index in [1.165, 1.54) is 0 Å². The Morgan fingerprint density at radius 2 is 1.55 bits per heavy atom. The van der Waals surface area contributed by atoms with Gasteiger partial charge in [-0.15, -0.1) is 0 Å². The number of rotatable bonds is 2. The molecule has 0 aliphatic rings. The number of aromatic nitrogens is 4. The molecule has 2 aromatic carbocycles. The van der Waals surface area contributed by atoms with Gasteiger partial charge in [-0.1, -0.05) is 48.5 Å². The summed E-state index contributed by atoms with van der Waals surface area (Å²) < 4.78 is 0. The van der Waals surface area contributed by atoms with Gasteiger partial charge in [0.05, 0.1) is 17.4 Å². The number of nitrogens with zero attached hydrogens (tertiary/aromatic N) is 4. The molecule has 0 saturated heterocycles. The molecule has 0 saturated carbocycles. The number of fused-ring (bicyclic) bond motifs is 1. The van der Waals surface area contributed by atoms with Crippen LogP contribution in [0, 0.1) is 0 Å². The zero-order chi connectivity index (χ0) is 14.8. The molecule has 0 atom stereocenters. The lowest BCUT2D eigenvalue weighted by Crippen LogP contribution is -1.96. The third-order valence-corrected chi connectivity index (χ3v) is 3.44. The van der Waals surface area contributed by atoms with Gasteiger partial charge in [0.15, 0.2) is 5.82 Å². The van der Waals surface area contributed by atoms with Gasteiger partial charge in [0.25, 0.3) is 0 Å². The third-order valence-electron chi connectivity index (χ3n) is 3.44. The highest BCUT2D eigenvalue weighted by Gasteiger charge is 2.11. The third kappa shape index (κ3) is 2.20. The van der Waals surface area contributed by atoms with E-state index >= 15 is 0 Å². The molecule has 0 aliphatic carbocycles. The summed E-state index contributed by atoms with van der Waals surface area (Å²) in [6.45, 7) is 0. The van der Waals surface area contributed by atoms with E-state index in [1.807, 2.05) is 42.5 Å². The SMILES string of the molecule is c1ccc(-c2nc(-c3cnccn3)nc3ccccc23)cc1. The van der Waals surface area contributed by atoms with E-state index < -0.39 is 0 Å². The molecule has 4 heteroatoms. The van der Waals surface area contributed by atoms with Crippen LogP contribution in [0.3, 0.4) is 0 Å². The van der Waals surface area contributed by atoms with Crippen molar-refractivity contribution in [1.29, 1.82) is 0 Å². The van der Waals surface area contributed by atoms with Gasteiger partial charge in [0.1, 0.15) is 5.69 Å². The largest absolute Gasteiger partial charge is 0.261 e. The Morgan fingerprint density at radius 1 is 0.727 bits per heavy atom. The summed E-state index contributed by atoms with van der Waals surface area (Å²) in [7, 11) is 0. The fraction of sp³-hybridized carbons (Fsp3) is 0. The van der Waals surface area contributed by atoms with E-state index in [2.05, 4.69) is 27.1 Å². The van der Waals surface area contributed by atoms with Crippen molar-refractivity contribution >= 4 is 10.9 Å². The van der Waals surface area contributed by atoms with Crippen LogP contribution in [0.2, 0.25) is 0 Å². The minimum atomic E-state index is 0.589. The molecule has 0 unspecified atom stereocenters. The highest BCUT2D eigenvalue weighted by molar-refractivity contribution is 5.93. The van der Waals surface area contributed by atoms with Crippen molar-refractivity contribution in [2.24, 2.45) is 0 Å². The lowest BCUT2D eigenvalue weighted by Gasteiger charge is -2.08. The normalized spacial score (nSPS) is 10.7. The smallest absolute Gasteiger partial charge is 0.180 e. The average Bonchev–Trinajstić information content (AvgIpc) is 2.62. The van der Waals surface area contributed by atoms with Crippen molar-refractivity contribution in [2.75, 3.05) is 0 Å². The second kappa shape index (κ2) is 5.33. The van der Waals surface area contributed by atoms with Crippen molar-refractivity contribution in [1.82, 2.24) is 19.9 Å². The number of hydrogen-bond donors (Lipinski definition) is 0. The Hall–Kier alpha value is -3.14. The highest BCUT2D eigenvalue weighted by Crippen LogP contribution is 2.27. The summed E-state index contributed by atoms with van der Waals surface area (Å²) in [6, 6.07) is 18.1. The molecule has 0 spiro atoms. The predicted octanol–water partition coefficient (Wildman–Crippen LogP) is 3.75. The van der Waals surface area contributed by atoms with Crippen LogP contribution in [0.25, 0.3) is 33.7 Å². The Labute approximate surface area is 127 Å². The first-order chi connectivity index (χ1) is 10.9. The van der Waals surface area contributed by atoms with E-state index in [-0.39, 0.29) is 0 Å². The summed E-state index contributed by atoms with van der Waals surface area (Å²) in [5.74, 6) is 0.589. The fourth-order valence-corrected chi connectivity index (χ4v) is 2.42. The summed E-state index contributed by atoms with van der Waals surface area (Å²) in [6.07, 6.45) is 4.97. The monoisotopic (exact) mass is 284 g/mol. The van der Waals surface area contributed by atoms with Gasteiger partial charge in [-0.05, 0) is 6.07 Å². The molecule has 0 aliphatic heterocycles. The first-order valence-corrected chi connectivity index (χ1v) is 7.00. The van der Waals surface area contributed by atoms with Gasteiger partial charge in [-0.2, -0.15) is 0 Å². The van der Waals surface area contributed by atoms with Crippen LogP contribution in [-0.4, -0.2) is 19.9 Å². The van der Waals surface area contributed by atoms with E-state index in [0.717, 1.165) is 22.2 Å². The van der Waals surface area contributed by atoms with E-state index in [4.69, 9.17) is 4.98 Å². The van der Waals surface area contributed by atoms with Crippen molar-refractivity contribution < 1.29 is 0 Å². The van der Waals surface area contributed by atoms with Gasteiger partial charge in [0, 0.05) is 23.3 Å². The fourth-order valence-electron chi connectivity index (χ4n) is 2.42. The van der Waals surface area contributed by atoms with Crippen LogP contribution >= 0.6 is 0 Å². The van der Waals surface area contributed by atoms with Crippen molar-refractivity contribution in [3.8, 4) is 22.8 Å². The topological polar surface area (TPSA) is 51.6 Å². The lowest BCUT2D eigenvalue weighted by molar-refractivity contribution is 1.14. The number of para-hydroxylation sites is 1. The van der Waals surface area contributed by atoms with Gasteiger partial charge in [-0.25, -0.2) is 15.0 Å². The average molecular weight is 284 g/mol. The van der Waals surface area contributed by atoms with Crippen LogP contribution in [0.5, 0.6) is 0 Å². The molecule has 0 amide bonds. The summed E-state index contributed by atoms with van der Waals surface area (Å²) in [5, 5.41) is 1.03. The molecule has 22 heavy (non-hydrogen) atoms. The summed E-state index contributed by atoms with van der Waals surface area (Å²) >= 11 is 0. The van der Waals surface area contributed by atoms with Crippen molar-refractivity contribution in [3.05, 3.63) is 73.2 Å². The van der Waals surface area contributed by atoms with Gasteiger partial charge >= 0.3 is 0 Å². The molecule has 0 fully saturated rings. The van der Waals surface area contributed by atoms with Crippen molar-refractivity contribution in [2.45, 2.75) is 0 Å². The Kier molecular flexibility index (Phi) is 3.05. The Bertz CT molecular complexity index is 921. The van der Waals surface area contributed by atoms with Crippen LogP contribution in [-0.2, 0) is 0 Å². The minimum Gasteiger partial charge on any atom is -0.261 e. The molecule has 4 aromatic rings. The second-order valence-electron chi connectivity index (χ2n) is 4.87. The van der Waals surface area contributed by atoms with Gasteiger partial charge < -0.3 is 0 Å². The molecule has 0 N–H and O–H groups in total. The first-order valence-electron chi connectivity index (χ1n) is 7.00. The predicted molar refractivity (Wildman–Crippen MR) is 86.0 cm³/mol. The molecule has 104 valence electrons. The molecule has 2 heterocycles. The molecule has 4 nitrogen and oxygen atoms in total. The number of hydrogen-bond acceptors (Lipinski definition) is 4. The van der Waals surface area contributed by atoms with Gasteiger partial charge in [0.2, 0.25) is 0 Å². The Morgan fingerprint density at radius 3 is 2.36 bits per heavy atom. The van der Waals surface area contributed by atoms with E-state index in [1.54, 1.807) is 18.6 Å². The zero-order valence-electron chi connectivity index (χ0n) is 11.7. The van der Waals surface area contributed by atoms with Crippen molar-refractivity contribution in [3.63, 3.8) is 0 Å². The molecule has 0 bridgehead atoms.